The summed E-state index contributed by atoms with van der Waals surface area (Å²) in [5.41, 5.74) is -1.29. The van der Waals surface area contributed by atoms with E-state index >= 15 is 0 Å². The maximum atomic E-state index is 12.4. The van der Waals surface area contributed by atoms with Gasteiger partial charge < -0.3 is 0 Å². The molecule has 0 unspecified atom stereocenters. The fourth-order valence-electron chi connectivity index (χ4n) is 1.43. The molecule has 1 N–H and O–H groups in total. The van der Waals surface area contributed by atoms with Crippen LogP contribution in [0.4, 0.5) is 0 Å². The lowest BCUT2D eigenvalue weighted by Gasteiger charge is -2.03. The molecule has 0 aliphatic carbocycles. The number of pyridine rings is 1. The van der Waals surface area contributed by atoms with Crippen LogP contribution >= 0.6 is 0 Å². The van der Waals surface area contributed by atoms with Crippen LogP contribution in [0.5, 0.6) is 0 Å². The van der Waals surface area contributed by atoms with E-state index in [-0.39, 0.29) is 17.0 Å². The second-order valence-corrected chi connectivity index (χ2v) is 3.18. The fraction of sp³-hybridized carbons (Fsp3) is 0.100. The summed E-state index contributed by atoms with van der Waals surface area (Å²) < 4.78 is 38.8. The average molecular weight is 233 g/mol. The van der Waals surface area contributed by atoms with Gasteiger partial charge >= 0.3 is 0 Å². The highest BCUT2D eigenvalue weighted by Crippen LogP contribution is 2.09. The summed E-state index contributed by atoms with van der Waals surface area (Å²) >= 11 is 0. The highest BCUT2D eigenvalue weighted by atomic mass is 16.1. The Labute approximate surface area is 102 Å². The number of fused-ring (bicyclic) bond motifs is 1. The normalized spacial score (nSPS) is 15.9. The first-order valence-corrected chi connectivity index (χ1v) is 4.56. The number of tetrazole rings is 1. The summed E-state index contributed by atoms with van der Waals surface area (Å²) in [5.74, 6) is 0.00353. The maximum absolute atomic E-state index is 12.4. The smallest absolute Gasteiger partial charge is 0.268 e. The van der Waals surface area contributed by atoms with E-state index in [2.05, 4.69) is 25.6 Å². The number of hydrogen-bond acceptors (Lipinski definition) is 5. The Hall–Kier alpha value is -2.57. The van der Waals surface area contributed by atoms with E-state index in [1.165, 1.54) is 0 Å². The third-order valence-electron chi connectivity index (χ3n) is 2.19. The molecule has 3 aromatic rings. The van der Waals surface area contributed by atoms with Crippen LogP contribution < -0.4 is 5.56 Å². The fourth-order valence-corrected chi connectivity index (χ4v) is 1.43. The molecule has 7 heteroatoms. The van der Waals surface area contributed by atoms with E-state index in [0.717, 1.165) is 16.8 Å². The van der Waals surface area contributed by atoms with Gasteiger partial charge in [-0.05, 0) is 23.7 Å². The number of aromatic nitrogens is 6. The first kappa shape index (κ1) is 5.67. The number of aryl methyl sites for hydroxylation is 1. The molecule has 0 bridgehead atoms. The van der Waals surface area contributed by atoms with Gasteiger partial charge in [0.2, 0.25) is 5.82 Å². The Morgan fingerprint density at radius 1 is 1.59 bits per heavy atom. The van der Waals surface area contributed by atoms with Crippen molar-refractivity contribution in [3.05, 3.63) is 40.4 Å². The van der Waals surface area contributed by atoms with Gasteiger partial charge in [-0.1, -0.05) is 6.04 Å². The van der Waals surface area contributed by atoms with Gasteiger partial charge in [0, 0.05) is 16.5 Å². The van der Waals surface area contributed by atoms with Gasteiger partial charge in [0.15, 0.2) is 0 Å². The summed E-state index contributed by atoms with van der Waals surface area (Å²) in [6.07, 6.45) is 2.17. The molecule has 3 aromatic heterocycles. The Kier molecular flexibility index (Phi) is 1.16. The monoisotopic (exact) mass is 233 g/mol. The lowest BCUT2D eigenvalue weighted by atomic mass is 10.2. The molecule has 0 radical (unpaired) electrons. The van der Waals surface area contributed by atoms with Crippen molar-refractivity contribution in [2.24, 2.45) is 0 Å². The number of nitrogens with zero attached hydrogens (tertiary/aromatic N) is 5. The summed E-state index contributed by atoms with van der Waals surface area (Å²) in [6.45, 7) is -2.67. The molecule has 7 nitrogen and oxygen atoms in total. The van der Waals surface area contributed by atoms with Crippen molar-refractivity contribution in [2.45, 2.75) is 6.85 Å². The zero-order valence-electron chi connectivity index (χ0n) is 13.3. The molecule has 0 aromatic carbocycles. The van der Waals surface area contributed by atoms with Gasteiger partial charge in [-0.15, -0.1) is 10.2 Å². The number of rotatable bonds is 1. The number of aromatic amines is 1. The zero-order chi connectivity index (χ0) is 16.1. The number of H-pyrrole nitrogens is 1. The summed E-state index contributed by atoms with van der Waals surface area (Å²) in [4.78, 5) is 16.4. The molecule has 0 amide bonds. The largest absolute Gasteiger partial charge is 0.269 e. The van der Waals surface area contributed by atoms with Crippen molar-refractivity contribution in [1.82, 2.24) is 30.0 Å². The molecule has 0 spiro atoms. The Bertz CT molecular complexity index is 916. The minimum absolute atomic E-state index is 0.000118. The molecule has 84 valence electrons. The molecule has 0 fully saturated rings. The van der Waals surface area contributed by atoms with Crippen molar-refractivity contribution in [3.8, 4) is 11.4 Å². The molecular weight excluding hydrogens is 220 g/mol. The topological polar surface area (TPSA) is 88.8 Å². The van der Waals surface area contributed by atoms with E-state index in [1.807, 2.05) is 0 Å². The van der Waals surface area contributed by atoms with E-state index in [1.54, 1.807) is 0 Å². The van der Waals surface area contributed by atoms with E-state index in [0.29, 0.717) is 0 Å². The molecule has 0 atom stereocenters. The van der Waals surface area contributed by atoms with Crippen LogP contribution in [0.15, 0.2) is 29.3 Å². The molecule has 17 heavy (non-hydrogen) atoms. The summed E-state index contributed by atoms with van der Waals surface area (Å²) in [5, 5.41) is 12.9. The standard InChI is InChI=1S/C10H8N6O/c1-6-3-2-4-16-9(6)11-5-7(10(16)17)8-12-14-15-13-8/h2-5H,1H3,(H,12,13,14,15)/i1D3,2D,3D. The van der Waals surface area contributed by atoms with E-state index in [4.69, 9.17) is 6.85 Å². The van der Waals surface area contributed by atoms with Gasteiger partial charge in [-0.3, -0.25) is 9.20 Å². The molecule has 0 aliphatic rings. The van der Waals surface area contributed by atoms with Crippen molar-refractivity contribution in [1.29, 1.82) is 0 Å². The number of hydrogen-bond donors (Lipinski definition) is 1. The van der Waals surface area contributed by atoms with Crippen LogP contribution in [-0.2, 0) is 0 Å². The lowest BCUT2D eigenvalue weighted by molar-refractivity contribution is 0.881. The predicted octanol–water partition coefficient (Wildman–Crippen LogP) is 0.183. The minimum atomic E-state index is -2.67. The predicted molar refractivity (Wildman–Crippen MR) is 59.4 cm³/mol. The van der Waals surface area contributed by atoms with Gasteiger partial charge in [0.1, 0.15) is 11.2 Å². The van der Waals surface area contributed by atoms with Crippen LogP contribution in [0.1, 0.15) is 12.4 Å². The van der Waals surface area contributed by atoms with Crippen molar-refractivity contribution < 1.29 is 6.85 Å². The lowest BCUT2D eigenvalue weighted by Crippen LogP contribution is -2.17. The SMILES string of the molecule is [2H]c1cn2c(=O)c(-c3nn[nH]n3)cnc2c(C([2H])([2H])[2H])c1[2H]. The Morgan fingerprint density at radius 2 is 2.53 bits per heavy atom. The third kappa shape index (κ3) is 1.40. The van der Waals surface area contributed by atoms with Crippen LogP contribution in [-0.4, -0.2) is 30.0 Å². The maximum Gasteiger partial charge on any atom is 0.269 e. The summed E-state index contributed by atoms with van der Waals surface area (Å²) in [7, 11) is 0. The quantitative estimate of drug-likeness (QED) is 0.647. The van der Waals surface area contributed by atoms with Crippen LogP contribution in [0.2, 0.25) is 0 Å². The van der Waals surface area contributed by atoms with Crippen LogP contribution in [0.3, 0.4) is 0 Å². The molecule has 3 heterocycles. The molecule has 0 saturated heterocycles. The Morgan fingerprint density at radius 3 is 3.29 bits per heavy atom. The third-order valence-corrected chi connectivity index (χ3v) is 2.19. The van der Waals surface area contributed by atoms with Crippen molar-refractivity contribution >= 4 is 5.65 Å². The molecular formula is C10H8N6O. The van der Waals surface area contributed by atoms with Gasteiger partial charge in [0.05, 0.1) is 2.74 Å². The van der Waals surface area contributed by atoms with Gasteiger partial charge in [0.25, 0.3) is 5.56 Å². The van der Waals surface area contributed by atoms with Crippen molar-refractivity contribution in [2.75, 3.05) is 0 Å². The minimum Gasteiger partial charge on any atom is -0.268 e. The molecule has 0 aliphatic heterocycles. The average Bonchev–Trinajstić information content (AvgIpc) is 2.94. The first-order chi connectivity index (χ1) is 10.3. The second-order valence-electron chi connectivity index (χ2n) is 3.18. The van der Waals surface area contributed by atoms with Gasteiger partial charge in [-0.2, -0.15) is 5.21 Å². The molecule has 0 saturated carbocycles. The highest BCUT2D eigenvalue weighted by Gasteiger charge is 2.11. The highest BCUT2D eigenvalue weighted by molar-refractivity contribution is 5.55. The van der Waals surface area contributed by atoms with Gasteiger partial charge in [-0.25, -0.2) is 4.98 Å². The zero-order valence-corrected chi connectivity index (χ0v) is 8.30. The first-order valence-electron chi connectivity index (χ1n) is 7.06. The summed E-state index contributed by atoms with van der Waals surface area (Å²) in [6, 6.07) is -0.882. The molecule has 3 rings (SSSR count). The van der Waals surface area contributed by atoms with Crippen LogP contribution in [0.25, 0.3) is 17.0 Å². The van der Waals surface area contributed by atoms with E-state index in [9.17, 15) is 4.79 Å². The number of nitrogens with one attached hydrogen (secondary N) is 1. The second kappa shape index (κ2) is 3.48. The van der Waals surface area contributed by atoms with Crippen molar-refractivity contribution in [3.63, 3.8) is 0 Å². The van der Waals surface area contributed by atoms with E-state index < -0.39 is 30.1 Å². The Balaban J connectivity index is 2.43. The van der Waals surface area contributed by atoms with Crippen LogP contribution in [0, 0.1) is 6.85 Å².